The van der Waals surface area contributed by atoms with Crippen LogP contribution in [0.4, 0.5) is 23.8 Å². The first-order valence-electron chi connectivity index (χ1n) is 11.3. The van der Waals surface area contributed by atoms with Gasteiger partial charge in [0, 0.05) is 30.5 Å². The molecule has 0 spiro atoms. The van der Waals surface area contributed by atoms with Crippen LogP contribution in [0.3, 0.4) is 0 Å². The molecule has 180 valence electrons. The van der Waals surface area contributed by atoms with Crippen LogP contribution in [0.15, 0.2) is 30.7 Å². The average molecular weight is 474 g/mol. The second-order valence-electron chi connectivity index (χ2n) is 9.24. The lowest BCUT2D eigenvalue weighted by Gasteiger charge is -2.41. The molecule has 5 rings (SSSR count). The summed E-state index contributed by atoms with van der Waals surface area (Å²) in [6, 6.07) is 4.35. The summed E-state index contributed by atoms with van der Waals surface area (Å²) in [6.07, 6.45) is -0.426. The van der Waals surface area contributed by atoms with Crippen molar-refractivity contribution in [3.05, 3.63) is 36.4 Å². The van der Waals surface area contributed by atoms with Gasteiger partial charge in [0.1, 0.15) is 23.5 Å². The number of alkyl halides is 3. The summed E-state index contributed by atoms with van der Waals surface area (Å²) in [7, 11) is 0. The lowest BCUT2D eigenvalue weighted by Crippen LogP contribution is -2.56. The monoisotopic (exact) mass is 474 g/mol. The average Bonchev–Trinajstić information content (AvgIpc) is 3.35. The summed E-state index contributed by atoms with van der Waals surface area (Å²) in [5, 5.41) is 0.720. The number of halogens is 3. The number of nitrogens with one attached hydrogen (secondary N) is 1. The standard InChI is InChI=1S/C23H25F3N6O2/c1-13(2)11-34-22(33)32-15-3-4-16(32)10-31(9-15)21-17-8-18(30-20(17)28-12-29-21)14-5-6-27-19(7-14)23(24,25)26/h5-8,12-13,15-16H,3-4,9-11H2,1-2H3,(H,28,29,30). The molecule has 1 N–H and O–H groups in total. The zero-order chi connectivity index (χ0) is 24.0. The molecule has 2 aliphatic heterocycles. The largest absolute Gasteiger partial charge is 0.449 e. The van der Waals surface area contributed by atoms with Crippen LogP contribution in [0.1, 0.15) is 32.4 Å². The first-order valence-corrected chi connectivity index (χ1v) is 11.3. The van der Waals surface area contributed by atoms with E-state index in [2.05, 4.69) is 24.8 Å². The van der Waals surface area contributed by atoms with E-state index < -0.39 is 11.9 Å². The number of carbonyl (C=O) groups is 1. The van der Waals surface area contributed by atoms with E-state index in [1.165, 1.54) is 12.4 Å². The Morgan fingerprint density at radius 1 is 1.18 bits per heavy atom. The van der Waals surface area contributed by atoms with Gasteiger partial charge in [0.05, 0.1) is 24.1 Å². The minimum absolute atomic E-state index is 0.0244. The molecular weight excluding hydrogens is 449 g/mol. The number of hydrogen-bond donors (Lipinski definition) is 1. The van der Waals surface area contributed by atoms with E-state index in [9.17, 15) is 18.0 Å². The molecule has 2 unspecified atom stereocenters. The predicted molar refractivity (Wildman–Crippen MR) is 119 cm³/mol. The van der Waals surface area contributed by atoms with Gasteiger partial charge < -0.3 is 14.6 Å². The first kappa shape index (κ1) is 22.4. The Morgan fingerprint density at radius 2 is 1.91 bits per heavy atom. The van der Waals surface area contributed by atoms with Crippen molar-refractivity contribution in [3.8, 4) is 11.3 Å². The third-order valence-electron chi connectivity index (χ3n) is 6.30. The van der Waals surface area contributed by atoms with Gasteiger partial charge in [-0.15, -0.1) is 0 Å². The van der Waals surface area contributed by atoms with Gasteiger partial charge in [-0.3, -0.25) is 9.88 Å². The second-order valence-corrected chi connectivity index (χ2v) is 9.24. The van der Waals surface area contributed by atoms with Crippen molar-refractivity contribution in [2.24, 2.45) is 5.92 Å². The summed E-state index contributed by atoms with van der Waals surface area (Å²) in [5.74, 6) is 0.970. The molecule has 0 saturated carbocycles. The lowest BCUT2D eigenvalue weighted by molar-refractivity contribution is -0.141. The third-order valence-corrected chi connectivity index (χ3v) is 6.30. The number of piperazine rings is 1. The van der Waals surface area contributed by atoms with Crippen LogP contribution in [-0.4, -0.2) is 62.7 Å². The van der Waals surface area contributed by atoms with E-state index in [-0.39, 0.29) is 24.1 Å². The molecule has 0 aromatic carbocycles. The number of H-pyrrole nitrogens is 1. The van der Waals surface area contributed by atoms with Gasteiger partial charge >= 0.3 is 12.3 Å². The summed E-state index contributed by atoms with van der Waals surface area (Å²) >= 11 is 0. The van der Waals surface area contributed by atoms with E-state index in [1.807, 2.05) is 18.7 Å². The van der Waals surface area contributed by atoms with Crippen molar-refractivity contribution in [1.82, 2.24) is 24.8 Å². The van der Waals surface area contributed by atoms with Gasteiger partial charge in [0.15, 0.2) is 0 Å². The minimum Gasteiger partial charge on any atom is -0.449 e. The van der Waals surface area contributed by atoms with E-state index in [0.717, 1.165) is 30.5 Å². The van der Waals surface area contributed by atoms with Crippen LogP contribution in [0, 0.1) is 5.92 Å². The van der Waals surface area contributed by atoms with Gasteiger partial charge in [-0.05, 0) is 37.0 Å². The molecule has 1 amide bonds. The number of hydrogen-bond acceptors (Lipinski definition) is 6. The third kappa shape index (κ3) is 4.14. The van der Waals surface area contributed by atoms with E-state index in [4.69, 9.17) is 4.74 Å². The van der Waals surface area contributed by atoms with E-state index >= 15 is 0 Å². The van der Waals surface area contributed by atoms with E-state index in [1.54, 1.807) is 6.07 Å². The number of aromatic amines is 1. The fraction of sp³-hybridized carbons (Fsp3) is 0.478. The number of ether oxygens (including phenoxy) is 1. The molecule has 2 atom stereocenters. The molecule has 34 heavy (non-hydrogen) atoms. The fourth-order valence-corrected chi connectivity index (χ4v) is 4.77. The molecule has 8 nitrogen and oxygen atoms in total. The molecule has 5 heterocycles. The first-order chi connectivity index (χ1) is 16.2. The number of rotatable bonds is 4. The Bertz CT molecular complexity index is 1200. The molecular formula is C23H25F3N6O2. The van der Waals surface area contributed by atoms with Crippen LogP contribution in [0.5, 0.6) is 0 Å². The van der Waals surface area contributed by atoms with Crippen LogP contribution in [0.2, 0.25) is 0 Å². The Kier molecular flexibility index (Phi) is 5.57. The number of aromatic nitrogens is 4. The Labute approximate surface area is 194 Å². The Balaban J connectivity index is 1.41. The number of anilines is 1. The molecule has 2 saturated heterocycles. The summed E-state index contributed by atoms with van der Waals surface area (Å²) in [4.78, 5) is 31.9. The summed E-state index contributed by atoms with van der Waals surface area (Å²) < 4.78 is 44.8. The van der Waals surface area contributed by atoms with Crippen molar-refractivity contribution in [1.29, 1.82) is 0 Å². The minimum atomic E-state index is -4.53. The number of nitrogens with zero attached hydrogens (tertiary/aromatic N) is 5. The number of pyridine rings is 1. The molecule has 11 heteroatoms. The molecule has 3 aromatic rings. The number of fused-ring (bicyclic) bond motifs is 3. The Hall–Kier alpha value is -3.37. The molecule has 0 radical (unpaired) electrons. The van der Waals surface area contributed by atoms with Crippen LogP contribution in [0.25, 0.3) is 22.3 Å². The van der Waals surface area contributed by atoms with Crippen LogP contribution in [-0.2, 0) is 10.9 Å². The maximum atomic E-state index is 13.1. The van der Waals surface area contributed by atoms with Crippen molar-refractivity contribution < 1.29 is 22.7 Å². The second kappa shape index (κ2) is 8.44. The number of carbonyl (C=O) groups excluding carboxylic acids is 1. The Morgan fingerprint density at radius 3 is 2.59 bits per heavy atom. The van der Waals surface area contributed by atoms with Crippen molar-refractivity contribution in [2.75, 3.05) is 24.6 Å². The maximum Gasteiger partial charge on any atom is 0.433 e. The van der Waals surface area contributed by atoms with Gasteiger partial charge in [-0.25, -0.2) is 14.8 Å². The SMILES string of the molecule is CC(C)COC(=O)N1C2CCC1CN(c1ncnc3[nH]c(-c4ccnc(C(F)(F)F)c4)cc13)C2. The van der Waals surface area contributed by atoms with Crippen LogP contribution < -0.4 is 4.90 Å². The zero-order valence-electron chi connectivity index (χ0n) is 18.8. The molecule has 2 bridgehead atoms. The summed E-state index contributed by atoms with van der Waals surface area (Å²) in [6.45, 7) is 5.60. The van der Waals surface area contributed by atoms with Gasteiger partial charge in [-0.2, -0.15) is 13.2 Å². The van der Waals surface area contributed by atoms with Gasteiger partial charge in [0.25, 0.3) is 0 Å². The van der Waals surface area contributed by atoms with E-state index in [0.29, 0.717) is 42.4 Å². The predicted octanol–water partition coefficient (Wildman–Crippen LogP) is 4.48. The fourth-order valence-electron chi connectivity index (χ4n) is 4.77. The highest BCUT2D eigenvalue weighted by molar-refractivity contribution is 5.92. The molecule has 0 aliphatic carbocycles. The van der Waals surface area contributed by atoms with Gasteiger partial charge in [0.2, 0.25) is 0 Å². The quantitative estimate of drug-likeness (QED) is 0.600. The normalized spacial score (nSPS) is 20.4. The van der Waals surface area contributed by atoms with Crippen molar-refractivity contribution in [2.45, 2.75) is 44.9 Å². The summed E-state index contributed by atoms with van der Waals surface area (Å²) in [5.41, 5.74) is 0.455. The molecule has 3 aromatic heterocycles. The highest BCUT2D eigenvalue weighted by Crippen LogP contribution is 2.36. The topological polar surface area (TPSA) is 87.2 Å². The number of amides is 1. The molecule has 2 aliphatic rings. The highest BCUT2D eigenvalue weighted by atomic mass is 19.4. The van der Waals surface area contributed by atoms with Crippen LogP contribution >= 0.6 is 0 Å². The zero-order valence-corrected chi connectivity index (χ0v) is 18.8. The molecule has 2 fully saturated rings. The smallest absolute Gasteiger partial charge is 0.433 e. The van der Waals surface area contributed by atoms with Crippen molar-refractivity contribution >= 4 is 22.9 Å². The lowest BCUT2D eigenvalue weighted by atomic mass is 10.1. The highest BCUT2D eigenvalue weighted by Gasteiger charge is 2.44. The maximum absolute atomic E-state index is 13.1. The van der Waals surface area contributed by atoms with Crippen molar-refractivity contribution in [3.63, 3.8) is 0 Å². The van der Waals surface area contributed by atoms with Gasteiger partial charge in [-0.1, -0.05) is 13.8 Å².